The number of fused-ring (bicyclic) bond motifs is 1. The first kappa shape index (κ1) is 23.9. The Hall–Kier alpha value is -2.36. The molecule has 3 N–H and O–H groups in total. The summed E-state index contributed by atoms with van der Waals surface area (Å²) in [7, 11) is 1.72. The predicted octanol–water partition coefficient (Wildman–Crippen LogP) is 3.42. The topological polar surface area (TPSA) is 74.8 Å². The number of anilines is 1. The van der Waals surface area contributed by atoms with Gasteiger partial charge in [0.1, 0.15) is 18.2 Å². The minimum atomic E-state index is -0.208. The van der Waals surface area contributed by atoms with Gasteiger partial charge in [-0.05, 0) is 66.8 Å². The number of ether oxygens (including phenoxy) is 1. The van der Waals surface area contributed by atoms with E-state index < -0.39 is 0 Å². The van der Waals surface area contributed by atoms with Crippen LogP contribution in [0.2, 0.25) is 0 Å². The highest BCUT2D eigenvalue weighted by atomic mass is 127. The molecule has 0 saturated heterocycles. The summed E-state index contributed by atoms with van der Waals surface area (Å²) in [5, 5.41) is 9.33. The molecule has 0 aliphatic carbocycles. The van der Waals surface area contributed by atoms with Crippen molar-refractivity contribution in [1.29, 1.82) is 0 Å². The second-order valence-electron chi connectivity index (χ2n) is 6.96. The van der Waals surface area contributed by atoms with Crippen molar-refractivity contribution in [3.8, 4) is 5.75 Å². The van der Waals surface area contributed by atoms with Crippen LogP contribution in [0.5, 0.6) is 5.75 Å². The summed E-state index contributed by atoms with van der Waals surface area (Å²) in [6, 6.07) is 10.6. The molecule has 3 rings (SSSR count). The molecular weight excluding hydrogens is 498 g/mol. The Morgan fingerprint density at radius 3 is 2.73 bits per heavy atom. The van der Waals surface area contributed by atoms with E-state index in [1.807, 2.05) is 31.2 Å². The van der Waals surface area contributed by atoms with Gasteiger partial charge in [-0.3, -0.25) is 9.79 Å². The van der Waals surface area contributed by atoms with E-state index in [0.717, 1.165) is 41.0 Å². The normalized spacial score (nSPS) is 13.0. The van der Waals surface area contributed by atoms with Gasteiger partial charge in [0.05, 0.1) is 6.54 Å². The third-order valence-electron chi connectivity index (χ3n) is 4.85. The Morgan fingerprint density at radius 2 is 1.97 bits per heavy atom. The summed E-state index contributed by atoms with van der Waals surface area (Å²) in [6.45, 7) is 3.70. The van der Waals surface area contributed by atoms with Gasteiger partial charge in [-0.25, -0.2) is 4.39 Å². The molecule has 2 aromatic rings. The molecule has 0 radical (unpaired) electrons. The number of rotatable bonds is 7. The number of nitrogens with one attached hydrogen (secondary N) is 3. The molecule has 6 nitrogen and oxygen atoms in total. The molecule has 0 spiro atoms. The second kappa shape index (κ2) is 11.7. The number of carbonyl (C=O) groups is 1. The van der Waals surface area contributed by atoms with Crippen LogP contribution < -0.4 is 20.7 Å². The number of halogens is 2. The molecule has 8 heteroatoms. The van der Waals surface area contributed by atoms with Crippen LogP contribution in [0.15, 0.2) is 41.4 Å². The second-order valence-corrected chi connectivity index (χ2v) is 6.96. The highest BCUT2D eigenvalue weighted by molar-refractivity contribution is 14.0. The van der Waals surface area contributed by atoms with Gasteiger partial charge < -0.3 is 20.7 Å². The van der Waals surface area contributed by atoms with Crippen molar-refractivity contribution in [3.63, 3.8) is 0 Å². The van der Waals surface area contributed by atoms with Gasteiger partial charge in [-0.15, -0.1) is 24.0 Å². The first-order chi connectivity index (χ1) is 14.0. The summed E-state index contributed by atoms with van der Waals surface area (Å²) in [6.07, 6.45) is 2.03. The summed E-state index contributed by atoms with van der Waals surface area (Å²) in [5.74, 6) is 1.34. The van der Waals surface area contributed by atoms with E-state index in [1.54, 1.807) is 13.1 Å². The first-order valence-electron chi connectivity index (χ1n) is 9.80. The molecule has 0 fully saturated rings. The van der Waals surface area contributed by atoms with Crippen molar-refractivity contribution in [1.82, 2.24) is 10.6 Å². The molecule has 0 atom stereocenters. The Balaban J connectivity index is 0.00000320. The van der Waals surface area contributed by atoms with E-state index in [2.05, 4.69) is 20.9 Å². The monoisotopic (exact) mass is 526 g/mol. The van der Waals surface area contributed by atoms with E-state index in [9.17, 15) is 9.18 Å². The molecule has 0 saturated carbocycles. The third kappa shape index (κ3) is 6.86. The summed E-state index contributed by atoms with van der Waals surface area (Å²) >= 11 is 0. The Morgan fingerprint density at radius 1 is 1.17 bits per heavy atom. The van der Waals surface area contributed by atoms with Crippen molar-refractivity contribution >= 4 is 41.5 Å². The van der Waals surface area contributed by atoms with Crippen molar-refractivity contribution in [3.05, 3.63) is 58.9 Å². The van der Waals surface area contributed by atoms with Gasteiger partial charge in [0.25, 0.3) is 0 Å². The fraction of sp³-hybridized carbons (Fsp3) is 0.364. The van der Waals surface area contributed by atoms with Gasteiger partial charge in [-0.1, -0.05) is 6.07 Å². The Kier molecular flexibility index (Phi) is 9.35. The lowest BCUT2D eigenvalue weighted by atomic mass is 10.0. The standard InChI is InChI=1S/C22H27FN4O2.HI/c1-15-13-18(23)5-3-16(15)9-10-25-22(24-2)26-11-12-29-19-6-7-20-17(14-19)4-8-21(28)27-20;/h3,5-7,13-14H,4,8-12H2,1-2H3,(H,27,28)(H2,24,25,26);1H. The Bertz CT molecular complexity index is 905. The number of aryl methyl sites for hydroxylation is 2. The van der Waals surface area contributed by atoms with E-state index in [4.69, 9.17) is 4.74 Å². The average Bonchev–Trinajstić information content (AvgIpc) is 2.71. The van der Waals surface area contributed by atoms with Gasteiger partial charge in [0.2, 0.25) is 5.91 Å². The van der Waals surface area contributed by atoms with Crippen LogP contribution in [-0.2, 0) is 17.6 Å². The first-order valence-corrected chi connectivity index (χ1v) is 9.80. The lowest BCUT2D eigenvalue weighted by Crippen LogP contribution is -2.40. The zero-order valence-electron chi connectivity index (χ0n) is 17.3. The average molecular weight is 526 g/mol. The quantitative estimate of drug-likeness (QED) is 0.224. The highest BCUT2D eigenvalue weighted by Gasteiger charge is 2.14. The van der Waals surface area contributed by atoms with Crippen LogP contribution in [0.25, 0.3) is 0 Å². The lowest BCUT2D eigenvalue weighted by Gasteiger charge is -2.18. The summed E-state index contributed by atoms with van der Waals surface area (Å²) in [4.78, 5) is 15.6. The van der Waals surface area contributed by atoms with Gasteiger partial charge in [0.15, 0.2) is 5.96 Å². The largest absolute Gasteiger partial charge is 0.492 e. The van der Waals surface area contributed by atoms with Crippen LogP contribution >= 0.6 is 24.0 Å². The molecule has 1 amide bonds. The molecule has 0 unspecified atom stereocenters. The zero-order valence-corrected chi connectivity index (χ0v) is 19.6. The van der Waals surface area contributed by atoms with Crippen molar-refractivity contribution in [2.45, 2.75) is 26.2 Å². The highest BCUT2D eigenvalue weighted by Crippen LogP contribution is 2.26. The van der Waals surface area contributed by atoms with Crippen molar-refractivity contribution in [2.24, 2.45) is 4.99 Å². The lowest BCUT2D eigenvalue weighted by molar-refractivity contribution is -0.116. The minimum absolute atomic E-state index is 0. The maximum atomic E-state index is 13.2. The molecule has 1 heterocycles. The van der Waals surface area contributed by atoms with E-state index in [-0.39, 0.29) is 35.7 Å². The SMILES string of the molecule is CN=C(NCCOc1ccc2c(c1)CCC(=O)N2)NCCc1ccc(F)cc1C.I. The summed E-state index contributed by atoms with van der Waals surface area (Å²) < 4.78 is 19.0. The third-order valence-corrected chi connectivity index (χ3v) is 4.85. The Labute approximate surface area is 193 Å². The van der Waals surface area contributed by atoms with E-state index >= 15 is 0 Å². The number of aliphatic imine (C=N–C) groups is 1. The number of nitrogens with zero attached hydrogens (tertiary/aromatic N) is 1. The van der Waals surface area contributed by atoms with Crippen LogP contribution in [0.3, 0.4) is 0 Å². The predicted molar refractivity (Wildman–Crippen MR) is 129 cm³/mol. The van der Waals surface area contributed by atoms with Crippen molar-refractivity contribution < 1.29 is 13.9 Å². The van der Waals surface area contributed by atoms with E-state index in [0.29, 0.717) is 32.1 Å². The van der Waals surface area contributed by atoms with Gasteiger partial charge in [0, 0.05) is 25.7 Å². The molecule has 0 bridgehead atoms. The smallest absolute Gasteiger partial charge is 0.224 e. The molecule has 2 aromatic carbocycles. The molecular formula is C22H28FIN4O2. The maximum Gasteiger partial charge on any atom is 0.224 e. The van der Waals surface area contributed by atoms with Crippen LogP contribution in [0, 0.1) is 12.7 Å². The number of guanidine groups is 1. The van der Waals surface area contributed by atoms with Crippen molar-refractivity contribution in [2.75, 3.05) is 32.1 Å². The fourth-order valence-corrected chi connectivity index (χ4v) is 3.26. The number of carbonyl (C=O) groups excluding carboxylic acids is 1. The minimum Gasteiger partial charge on any atom is -0.492 e. The van der Waals surface area contributed by atoms with Gasteiger partial charge in [-0.2, -0.15) is 0 Å². The van der Waals surface area contributed by atoms with Crippen LogP contribution in [0.1, 0.15) is 23.1 Å². The van der Waals surface area contributed by atoms with Crippen LogP contribution in [-0.4, -0.2) is 38.6 Å². The maximum absolute atomic E-state index is 13.2. The number of benzene rings is 2. The number of hydrogen-bond donors (Lipinski definition) is 3. The van der Waals surface area contributed by atoms with Crippen LogP contribution in [0.4, 0.5) is 10.1 Å². The summed E-state index contributed by atoms with van der Waals surface area (Å²) in [5.41, 5.74) is 4.03. The van der Waals surface area contributed by atoms with Gasteiger partial charge >= 0.3 is 0 Å². The molecule has 0 aromatic heterocycles. The molecule has 1 aliphatic rings. The number of amides is 1. The fourth-order valence-electron chi connectivity index (χ4n) is 3.26. The zero-order chi connectivity index (χ0) is 20.6. The molecule has 30 heavy (non-hydrogen) atoms. The van der Waals surface area contributed by atoms with E-state index in [1.165, 1.54) is 6.07 Å². The molecule has 1 aliphatic heterocycles. The number of hydrogen-bond acceptors (Lipinski definition) is 3. The molecule has 162 valence electrons.